The average Bonchev–Trinajstić information content (AvgIpc) is 2.94. The summed E-state index contributed by atoms with van der Waals surface area (Å²) >= 11 is 0. The van der Waals surface area contributed by atoms with Crippen LogP contribution < -0.4 is 19.6 Å². The molecule has 0 amide bonds. The lowest BCUT2D eigenvalue weighted by Crippen LogP contribution is -2.20. The molecule has 0 atom stereocenters. The second-order valence-electron chi connectivity index (χ2n) is 9.33. The summed E-state index contributed by atoms with van der Waals surface area (Å²) in [6.45, 7) is 3.40. The number of nitrogens with one attached hydrogen (secondary N) is 1. The minimum atomic E-state index is -0.707. The second-order valence-corrected chi connectivity index (χ2v) is 9.33. The first kappa shape index (κ1) is 27.4. The molecule has 0 fully saturated rings. The van der Waals surface area contributed by atoms with Crippen LogP contribution in [-0.2, 0) is 6.42 Å². The van der Waals surface area contributed by atoms with Gasteiger partial charge in [0.05, 0.1) is 25.3 Å². The fraction of sp³-hybridized carbons (Fsp3) is 0.161. The molecular weight excluding hydrogens is 532 g/mol. The van der Waals surface area contributed by atoms with Crippen molar-refractivity contribution < 1.29 is 27.8 Å². The van der Waals surface area contributed by atoms with Crippen LogP contribution in [0.25, 0.3) is 22.2 Å². The van der Waals surface area contributed by atoms with Gasteiger partial charge in [-0.05, 0) is 54.8 Å². The maximum atomic E-state index is 15.1. The number of aromatic amines is 1. The molecular formula is C31H25F2N3O5. The highest BCUT2D eigenvalue weighted by Gasteiger charge is 2.20. The molecule has 0 bridgehead atoms. The molecule has 0 aliphatic carbocycles. The molecule has 2 aromatic carbocycles. The zero-order valence-corrected chi connectivity index (χ0v) is 22.7. The second kappa shape index (κ2) is 11.2. The van der Waals surface area contributed by atoms with Crippen molar-refractivity contribution in [2.24, 2.45) is 0 Å². The fourth-order valence-electron chi connectivity index (χ4n) is 4.59. The number of carbonyl (C=O) groups is 1. The molecule has 0 aliphatic rings. The van der Waals surface area contributed by atoms with Crippen molar-refractivity contribution in [2.75, 3.05) is 14.2 Å². The van der Waals surface area contributed by atoms with E-state index in [1.165, 1.54) is 56.9 Å². The van der Waals surface area contributed by atoms with Gasteiger partial charge in [0.1, 0.15) is 11.3 Å². The fourth-order valence-corrected chi connectivity index (χ4v) is 4.59. The first-order valence-electron chi connectivity index (χ1n) is 12.6. The number of fused-ring (bicyclic) bond motifs is 1. The Bertz CT molecular complexity index is 1870. The van der Waals surface area contributed by atoms with Crippen LogP contribution >= 0.6 is 0 Å². The first-order chi connectivity index (χ1) is 19.7. The summed E-state index contributed by atoms with van der Waals surface area (Å²) in [5.41, 5.74) is 2.52. The van der Waals surface area contributed by atoms with Crippen LogP contribution in [-0.4, -0.2) is 35.0 Å². The molecule has 3 heterocycles. The van der Waals surface area contributed by atoms with E-state index in [0.29, 0.717) is 39.2 Å². The standard InChI is InChI=1S/C31H25F2N3O5/c1-16-11-19(32)6-7-20(16)28-17(2)35-15-21(30(28)38)24(37)13-18-5-8-25(22(33)12-18)41-26-9-10-34-23-14-27(39-3)31(40-4)36-29(23)26/h5-12,14-15H,13H2,1-4H3,(H,35,38). The summed E-state index contributed by atoms with van der Waals surface area (Å²) < 4.78 is 45.1. The van der Waals surface area contributed by atoms with Gasteiger partial charge >= 0.3 is 0 Å². The highest BCUT2D eigenvalue weighted by molar-refractivity contribution is 5.98. The Morgan fingerprint density at radius 3 is 2.46 bits per heavy atom. The lowest BCUT2D eigenvalue weighted by Gasteiger charge is -2.12. The number of nitrogens with zero attached hydrogens (tertiary/aromatic N) is 2. The Morgan fingerprint density at radius 1 is 0.951 bits per heavy atom. The summed E-state index contributed by atoms with van der Waals surface area (Å²) in [6, 6.07) is 11.4. The van der Waals surface area contributed by atoms with Gasteiger partial charge in [-0.15, -0.1) is 0 Å². The van der Waals surface area contributed by atoms with Crippen molar-refractivity contribution in [2.45, 2.75) is 20.3 Å². The number of hydrogen-bond donors (Lipinski definition) is 1. The van der Waals surface area contributed by atoms with Crippen molar-refractivity contribution in [3.63, 3.8) is 0 Å². The van der Waals surface area contributed by atoms with Gasteiger partial charge in [-0.2, -0.15) is 0 Å². The zero-order chi connectivity index (χ0) is 29.3. The molecule has 0 radical (unpaired) electrons. The van der Waals surface area contributed by atoms with Gasteiger partial charge in [-0.25, -0.2) is 13.8 Å². The van der Waals surface area contributed by atoms with Crippen LogP contribution in [0.4, 0.5) is 8.78 Å². The van der Waals surface area contributed by atoms with Gasteiger partial charge < -0.3 is 19.2 Å². The Balaban J connectivity index is 1.41. The van der Waals surface area contributed by atoms with Crippen molar-refractivity contribution >= 4 is 16.8 Å². The minimum absolute atomic E-state index is 0.0752. The van der Waals surface area contributed by atoms with Crippen molar-refractivity contribution in [3.05, 3.63) is 105 Å². The van der Waals surface area contributed by atoms with Crippen molar-refractivity contribution in [3.8, 4) is 34.3 Å². The monoisotopic (exact) mass is 557 g/mol. The van der Waals surface area contributed by atoms with Crippen LogP contribution in [0.5, 0.6) is 23.1 Å². The van der Waals surface area contributed by atoms with E-state index in [-0.39, 0.29) is 34.9 Å². The number of ketones is 1. The zero-order valence-electron chi connectivity index (χ0n) is 22.7. The summed E-state index contributed by atoms with van der Waals surface area (Å²) in [6.07, 6.45) is 2.62. The largest absolute Gasteiger partial charge is 0.491 e. The van der Waals surface area contributed by atoms with Gasteiger partial charge in [0.25, 0.3) is 5.88 Å². The van der Waals surface area contributed by atoms with Gasteiger partial charge in [-0.1, -0.05) is 12.1 Å². The molecule has 3 aromatic heterocycles. The molecule has 41 heavy (non-hydrogen) atoms. The Labute approximate surface area is 233 Å². The van der Waals surface area contributed by atoms with Crippen molar-refractivity contribution in [1.29, 1.82) is 0 Å². The SMILES string of the molecule is COc1cc2nccc(Oc3ccc(CC(=O)c4c[nH]c(C)c(-c5ccc(F)cc5C)c4=O)cc3F)c2nc1OC. The van der Waals surface area contributed by atoms with E-state index in [0.717, 1.165) is 0 Å². The van der Waals surface area contributed by atoms with E-state index in [2.05, 4.69) is 15.0 Å². The Morgan fingerprint density at radius 2 is 1.76 bits per heavy atom. The lowest BCUT2D eigenvalue weighted by atomic mass is 9.95. The third kappa shape index (κ3) is 5.36. The number of carbonyl (C=O) groups excluding carboxylic acids is 1. The number of rotatable bonds is 8. The van der Waals surface area contributed by atoms with Gasteiger partial charge in [-0.3, -0.25) is 14.6 Å². The summed E-state index contributed by atoms with van der Waals surface area (Å²) in [5.74, 6) is -0.864. The molecule has 5 rings (SSSR count). The van der Waals surface area contributed by atoms with Crippen LogP contribution in [0.1, 0.15) is 27.2 Å². The molecule has 8 nitrogen and oxygen atoms in total. The summed E-state index contributed by atoms with van der Waals surface area (Å²) in [7, 11) is 2.93. The van der Waals surface area contributed by atoms with Crippen LogP contribution in [0, 0.1) is 25.5 Å². The molecule has 0 saturated carbocycles. The van der Waals surface area contributed by atoms with E-state index >= 15 is 4.39 Å². The molecule has 0 aliphatic heterocycles. The number of halogens is 2. The maximum absolute atomic E-state index is 15.1. The van der Waals surface area contributed by atoms with Gasteiger partial charge in [0, 0.05) is 42.2 Å². The molecule has 208 valence electrons. The van der Waals surface area contributed by atoms with Crippen molar-refractivity contribution in [1.82, 2.24) is 15.0 Å². The predicted molar refractivity (Wildman–Crippen MR) is 149 cm³/mol. The van der Waals surface area contributed by atoms with Crippen LogP contribution in [0.3, 0.4) is 0 Å². The lowest BCUT2D eigenvalue weighted by molar-refractivity contribution is 0.0991. The van der Waals surface area contributed by atoms with E-state index < -0.39 is 22.8 Å². The molecule has 0 unspecified atom stereocenters. The highest BCUT2D eigenvalue weighted by Crippen LogP contribution is 2.35. The third-order valence-electron chi connectivity index (χ3n) is 6.64. The molecule has 0 spiro atoms. The van der Waals surface area contributed by atoms with E-state index in [1.807, 2.05) is 0 Å². The van der Waals surface area contributed by atoms with Gasteiger partial charge in [0.15, 0.2) is 34.3 Å². The van der Waals surface area contributed by atoms with Crippen LogP contribution in [0.2, 0.25) is 0 Å². The first-order valence-corrected chi connectivity index (χ1v) is 12.6. The number of ether oxygens (including phenoxy) is 3. The van der Waals surface area contributed by atoms with E-state index in [9.17, 15) is 14.0 Å². The number of benzene rings is 2. The summed E-state index contributed by atoms with van der Waals surface area (Å²) in [5, 5.41) is 0. The third-order valence-corrected chi connectivity index (χ3v) is 6.64. The maximum Gasteiger partial charge on any atom is 0.257 e. The molecule has 0 saturated heterocycles. The molecule has 5 aromatic rings. The van der Waals surface area contributed by atoms with E-state index in [4.69, 9.17) is 14.2 Å². The van der Waals surface area contributed by atoms with Gasteiger partial charge in [0.2, 0.25) is 0 Å². The normalized spacial score (nSPS) is 11.0. The van der Waals surface area contributed by atoms with Crippen LogP contribution in [0.15, 0.2) is 65.7 Å². The number of pyridine rings is 3. The average molecular weight is 558 g/mol. The molecule has 1 N–H and O–H groups in total. The molecule has 10 heteroatoms. The quantitative estimate of drug-likeness (QED) is 0.230. The minimum Gasteiger partial charge on any atom is -0.491 e. The predicted octanol–water partition coefficient (Wildman–Crippen LogP) is 6.12. The Hall–Kier alpha value is -5.12. The Kier molecular flexibility index (Phi) is 7.47. The highest BCUT2D eigenvalue weighted by atomic mass is 19.1. The number of H-pyrrole nitrogens is 1. The smallest absolute Gasteiger partial charge is 0.257 e. The number of Topliss-reactive ketones (excluding diaryl/α,β-unsaturated/α-hetero) is 1. The van der Waals surface area contributed by atoms with E-state index in [1.54, 1.807) is 32.0 Å². The number of hydrogen-bond acceptors (Lipinski definition) is 7. The number of aromatic nitrogens is 3. The number of aryl methyl sites for hydroxylation is 2. The number of methoxy groups -OCH3 is 2. The summed E-state index contributed by atoms with van der Waals surface area (Å²) in [4.78, 5) is 38.1. The topological polar surface area (TPSA) is 103 Å².